The maximum Gasteiger partial charge on any atom is 0.326 e. The summed E-state index contributed by atoms with van der Waals surface area (Å²) >= 11 is 0. The molecule has 31 heavy (non-hydrogen) atoms. The Morgan fingerprint density at radius 2 is 1.84 bits per heavy atom. The van der Waals surface area contributed by atoms with Crippen LogP contribution in [0, 0.1) is 11.7 Å². The number of amides is 1. The molecule has 0 bridgehead atoms. The van der Waals surface area contributed by atoms with Crippen LogP contribution in [0.5, 0.6) is 0 Å². The van der Waals surface area contributed by atoms with E-state index in [1.165, 1.54) is 51.3 Å². The summed E-state index contributed by atoms with van der Waals surface area (Å²) in [6.45, 7) is 1.95. The van der Waals surface area contributed by atoms with Crippen molar-refractivity contribution in [3.05, 3.63) is 34.0 Å². The monoisotopic (exact) mass is 430 g/mol. The first-order chi connectivity index (χ1) is 15.0. The van der Waals surface area contributed by atoms with Gasteiger partial charge in [0.05, 0.1) is 23.1 Å². The zero-order valence-electron chi connectivity index (χ0n) is 18.1. The fourth-order valence-electron chi connectivity index (χ4n) is 5.18. The predicted molar refractivity (Wildman–Crippen MR) is 117 cm³/mol. The van der Waals surface area contributed by atoms with Crippen LogP contribution in [0.3, 0.4) is 0 Å². The molecule has 2 aromatic rings. The third-order valence-corrected chi connectivity index (χ3v) is 6.84. The molecule has 2 fully saturated rings. The van der Waals surface area contributed by atoms with E-state index in [0.29, 0.717) is 35.7 Å². The number of benzene rings is 1. The van der Waals surface area contributed by atoms with Crippen molar-refractivity contribution in [1.29, 1.82) is 0 Å². The van der Waals surface area contributed by atoms with E-state index < -0.39 is 11.7 Å². The molecule has 8 heteroatoms. The minimum Gasteiger partial charge on any atom is -0.355 e. The van der Waals surface area contributed by atoms with Gasteiger partial charge in [0.2, 0.25) is 0 Å². The molecule has 168 valence electrons. The van der Waals surface area contributed by atoms with E-state index in [0.717, 1.165) is 25.9 Å². The van der Waals surface area contributed by atoms with E-state index in [1.54, 1.807) is 4.57 Å². The number of aromatic amines is 1. The van der Waals surface area contributed by atoms with Gasteiger partial charge in [-0.1, -0.05) is 32.1 Å². The Kier molecular flexibility index (Phi) is 6.55. The van der Waals surface area contributed by atoms with Crippen LogP contribution in [0.4, 0.5) is 4.39 Å². The number of imidazole rings is 1. The minimum atomic E-state index is -0.648. The van der Waals surface area contributed by atoms with Crippen molar-refractivity contribution in [2.45, 2.75) is 57.4 Å². The van der Waals surface area contributed by atoms with Crippen molar-refractivity contribution in [2.24, 2.45) is 5.92 Å². The van der Waals surface area contributed by atoms with Crippen LogP contribution in [0.15, 0.2) is 16.9 Å². The number of aromatic nitrogens is 2. The lowest BCUT2D eigenvalue weighted by molar-refractivity contribution is -0.121. The third-order valence-electron chi connectivity index (χ3n) is 6.84. The highest BCUT2D eigenvalue weighted by molar-refractivity contribution is 5.97. The lowest BCUT2D eigenvalue weighted by Gasteiger charge is -2.32. The molecule has 1 saturated heterocycles. The zero-order chi connectivity index (χ0) is 22.0. The SMILES string of the molecule is CNC(=O)c1cc2[nH]c(=O)n(C3CCN(CC(=O)CC4CCCCC4)CC3)c2cc1F. The maximum atomic E-state index is 14.5. The number of hydrogen-bond acceptors (Lipinski definition) is 4. The Labute approximate surface area is 181 Å². The quantitative estimate of drug-likeness (QED) is 0.738. The second-order valence-corrected chi connectivity index (χ2v) is 8.98. The molecule has 0 spiro atoms. The standard InChI is InChI=1S/C23H31FN4O3/c1-25-22(30)18-12-20-21(13-19(18)24)28(23(31)26-20)16-7-9-27(10-8-16)14-17(29)11-15-5-3-2-4-6-15/h12-13,15-16H,2-11,14H2,1H3,(H,25,30)(H,26,31). The number of fused-ring (bicyclic) bond motifs is 1. The van der Waals surface area contributed by atoms with Crippen LogP contribution in [-0.4, -0.2) is 52.8 Å². The van der Waals surface area contributed by atoms with Crippen molar-refractivity contribution in [3.8, 4) is 0 Å². The molecule has 2 heterocycles. The van der Waals surface area contributed by atoms with Gasteiger partial charge in [0.15, 0.2) is 0 Å². The number of likely N-dealkylation sites (tertiary alicyclic amines) is 1. The van der Waals surface area contributed by atoms with Crippen LogP contribution >= 0.6 is 0 Å². The summed E-state index contributed by atoms with van der Waals surface area (Å²) < 4.78 is 16.1. The molecule has 4 rings (SSSR count). The lowest BCUT2D eigenvalue weighted by Crippen LogP contribution is -2.39. The average molecular weight is 431 g/mol. The fourth-order valence-corrected chi connectivity index (χ4v) is 5.18. The number of Topliss-reactive ketones (excluding diaryl/α,β-unsaturated/α-hetero) is 1. The number of hydrogen-bond donors (Lipinski definition) is 2. The fraction of sp³-hybridized carbons (Fsp3) is 0.609. The first-order valence-electron chi connectivity index (χ1n) is 11.4. The highest BCUT2D eigenvalue weighted by Gasteiger charge is 2.26. The molecule has 0 atom stereocenters. The van der Waals surface area contributed by atoms with E-state index in [2.05, 4.69) is 15.2 Å². The van der Waals surface area contributed by atoms with Crippen molar-refractivity contribution < 1.29 is 14.0 Å². The summed E-state index contributed by atoms with van der Waals surface area (Å²) in [7, 11) is 1.44. The topological polar surface area (TPSA) is 87.2 Å². The number of piperidine rings is 1. The maximum absolute atomic E-state index is 14.5. The second-order valence-electron chi connectivity index (χ2n) is 8.98. The Morgan fingerprint density at radius 1 is 1.13 bits per heavy atom. The number of halogens is 1. The van der Waals surface area contributed by atoms with E-state index in [1.807, 2.05) is 0 Å². The summed E-state index contributed by atoms with van der Waals surface area (Å²) in [4.78, 5) is 41.9. The molecule has 1 aromatic heterocycles. The number of nitrogens with one attached hydrogen (secondary N) is 2. The third kappa shape index (κ3) is 4.74. The number of rotatable bonds is 6. The molecular weight excluding hydrogens is 399 g/mol. The van der Waals surface area contributed by atoms with Gasteiger partial charge in [-0.05, 0) is 24.8 Å². The molecular formula is C23H31FN4O3. The van der Waals surface area contributed by atoms with E-state index >= 15 is 0 Å². The lowest BCUT2D eigenvalue weighted by atomic mass is 9.86. The number of carbonyl (C=O) groups is 2. The van der Waals surface area contributed by atoms with Crippen molar-refractivity contribution in [2.75, 3.05) is 26.7 Å². The summed E-state index contributed by atoms with van der Waals surface area (Å²) in [5.74, 6) is -0.305. The Morgan fingerprint density at radius 3 is 2.52 bits per heavy atom. The molecule has 1 aromatic carbocycles. The largest absolute Gasteiger partial charge is 0.355 e. The molecule has 1 saturated carbocycles. The van der Waals surface area contributed by atoms with E-state index in [4.69, 9.17) is 0 Å². The van der Waals surface area contributed by atoms with Crippen molar-refractivity contribution >= 4 is 22.7 Å². The summed E-state index contributed by atoms with van der Waals surface area (Å²) in [5.41, 5.74) is 0.544. The normalized spacial score (nSPS) is 19.0. The zero-order valence-corrected chi connectivity index (χ0v) is 18.1. The first kappa shape index (κ1) is 21.7. The van der Waals surface area contributed by atoms with Crippen LogP contribution < -0.4 is 11.0 Å². The smallest absolute Gasteiger partial charge is 0.326 e. The molecule has 1 aliphatic heterocycles. The Bertz CT molecular complexity index is 1010. The van der Waals surface area contributed by atoms with Gasteiger partial charge in [-0.15, -0.1) is 0 Å². The van der Waals surface area contributed by atoms with Gasteiger partial charge in [-0.3, -0.25) is 19.1 Å². The van der Waals surface area contributed by atoms with Gasteiger partial charge in [0.1, 0.15) is 11.6 Å². The molecule has 1 amide bonds. The highest BCUT2D eigenvalue weighted by Crippen LogP contribution is 2.28. The Hall–Kier alpha value is -2.48. The van der Waals surface area contributed by atoms with Gasteiger partial charge in [0.25, 0.3) is 5.91 Å². The van der Waals surface area contributed by atoms with Gasteiger partial charge in [-0.25, -0.2) is 9.18 Å². The molecule has 0 radical (unpaired) electrons. The molecule has 1 aliphatic carbocycles. The predicted octanol–water partition coefficient (Wildman–Crippen LogP) is 3.00. The highest BCUT2D eigenvalue weighted by atomic mass is 19.1. The average Bonchev–Trinajstić information content (AvgIpc) is 3.08. The summed E-state index contributed by atoms with van der Waals surface area (Å²) in [6, 6.07) is 2.59. The first-order valence-corrected chi connectivity index (χ1v) is 11.4. The van der Waals surface area contributed by atoms with Crippen molar-refractivity contribution in [3.63, 3.8) is 0 Å². The number of nitrogens with zero attached hydrogens (tertiary/aromatic N) is 2. The van der Waals surface area contributed by atoms with E-state index in [-0.39, 0.29) is 17.3 Å². The number of ketones is 1. The minimum absolute atomic E-state index is 0.0591. The van der Waals surface area contributed by atoms with Gasteiger partial charge >= 0.3 is 5.69 Å². The molecule has 2 aliphatic rings. The van der Waals surface area contributed by atoms with Crippen LogP contribution in [-0.2, 0) is 4.79 Å². The van der Waals surface area contributed by atoms with E-state index in [9.17, 15) is 18.8 Å². The molecule has 7 nitrogen and oxygen atoms in total. The number of H-pyrrole nitrogens is 1. The second kappa shape index (κ2) is 9.34. The molecule has 2 N–H and O–H groups in total. The van der Waals surface area contributed by atoms with Crippen molar-refractivity contribution in [1.82, 2.24) is 19.8 Å². The summed E-state index contributed by atoms with van der Waals surface area (Å²) in [5, 5.41) is 2.41. The summed E-state index contributed by atoms with van der Waals surface area (Å²) in [6.07, 6.45) is 8.27. The van der Waals surface area contributed by atoms with Crippen LogP contribution in [0.25, 0.3) is 11.0 Å². The molecule has 0 unspecified atom stereocenters. The van der Waals surface area contributed by atoms with Crippen LogP contribution in [0.1, 0.15) is 67.8 Å². The van der Waals surface area contributed by atoms with Gasteiger partial charge in [0, 0.05) is 38.7 Å². The number of carbonyl (C=O) groups excluding carboxylic acids is 2. The van der Waals surface area contributed by atoms with Gasteiger partial charge < -0.3 is 10.3 Å². The Balaban J connectivity index is 1.41. The van der Waals surface area contributed by atoms with Crippen LogP contribution in [0.2, 0.25) is 0 Å². The van der Waals surface area contributed by atoms with Gasteiger partial charge in [-0.2, -0.15) is 0 Å².